The largest absolute Gasteiger partial charge is 0.360 e. The molecule has 0 aliphatic carbocycles. The molecule has 1 aliphatic rings. The van der Waals surface area contributed by atoms with Gasteiger partial charge in [0.05, 0.1) is 16.4 Å². The number of fused-ring (bicyclic) bond motifs is 1. The summed E-state index contributed by atoms with van der Waals surface area (Å²) < 4.78 is 6.69. The Balaban J connectivity index is 1.70. The van der Waals surface area contributed by atoms with E-state index in [0.29, 0.717) is 11.3 Å². The van der Waals surface area contributed by atoms with Crippen LogP contribution in [0, 0.1) is 6.92 Å². The maximum absolute atomic E-state index is 5.24. The molecule has 96 valence electrons. The minimum absolute atomic E-state index is 0.438. The summed E-state index contributed by atoms with van der Waals surface area (Å²) in [6, 6.07) is 4.66. The fraction of sp³-hybridized carbons (Fsp3) is 0.462. The van der Waals surface area contributed by atoms with Gasteiger partial charge < -0.3 is 9.84 Å². The zero-order valence-corrected chi connectivity index (χ0v) is 12.1. The molecule has 1 unspecified atom stereocenters. The van der Waals surface area contributed by atoms with E-state index < -0.39 is 0 Å². The minimum atomic E-state index is 0.438. The molecule has 2 aromatic rings. The smallest absolute Gasteiger partial charge is 0.150 e. The van der Waals surface area contributed by atoms with Crippen LogP contribution in [0.3, 0.4) is 0 Å². The molecule has 2 aromatic heterocycles. The van der Waals surface area contributed by atoms with E-state index in [1.807, 2.05) is 36.1 Å². The highest BCUT2D eigenvalue weighted by molar-refractivity contribution is 8.01. The van der Waals surface area contributed by atoms with Crippen LogP contribution >= 0.6 is 23.1 Å². The van der Waals surface area contributed by atoms with E-state index >= 15 is 0 Å². The molecule has 0 fully saturated rings. The molecule has 0 spiro atoms. The van der Waals surface area contributed by atoms with Gasteiger partial charge in [0, 0.05) is 17.4 Å². The molecule has 0 radical (unpaired) electrons. The number of rotatable bonds is 3. The molecule has 18 heavy (non-hydrogen) atoms. The van der Waals surface area contributed by atoms with E-state index in [2.05, 4.69) is 28.8 Å². The maximum atomic E-state index is 5.24. The van der Waals surface area contributed by atoms with E-state index in [1.54, 1.807) is 0 Å². The van der Waals surface area contributed by atoms with Crippen molar-refractivity contribution >= 4 is 23.1 Å². The van der Waals surface area contributed by atoms with Gasteiger partial charge in [-0.2, -0.15) is 0 Å². The average Bonchev–Trinajstić information content (AvgIpc) is 2.94. The van der Waals surface area contributed by atoms with Gasteiger partial charge in [0.1, 0.15) is 0 Å². The lowest BCUT2D eigenvalue weighted by Gasteiger charge is -2.27. The Morgan fingerprint density at radius 2 is 2.44 bits per heavy atom. The first-order valence-electron chi connectivity index (χ1n) is 6.12. The summed E-state index contributed by atoms with van der Waals surface area (Å²) in [6.07, 6.45) is 1.17. The van der Waals surface area contributed by atoms with Crippen LogP contribution in [0.4, 0.5) is 0 Å². The van der Waals surface area contributed by atoms with Gasteiger partial charge in [0.25, 0.3) is 0 Å². The van der Waals surface area contributed by atoms with Gasteiger partial charge in [0.15, 0.2) is 5.76 Å². The highest BCUT2D eigenvalue weighted by atomic mass is 32.2. The molecule has 5 heteroatoms. The third-order valence-electron chi connectivity index (χ3n) is 3.11. The monoisotopic (exact) mass is 280 g/mol. The van der Waals surface area contributed by atoms with E-state index in [1.165, 1.54) is 16.2 Å². The number of aromatic nitrogens is 1. The molecule has 3 nitrogen and oxygen atoms in total. The molecule has 0 bridgehead atoms. The first kappa shape index (κ1) is 12.3. The summed E-state index contributed by atoms with van der Waals surface area (Å²) >= 11 is 3.84. The van der Waals surface area contributed by atoms with Crippen molar-refractivity contribution in [2.45, 2.75) is 42.3 Å². The quantitative estimate of drug-likeness (QED) is 0.929. The van der Waals surface area contributed by atoms with Crippen LogP contribution in [-0.2, 0) is 6.54 Å². The molecule has 3 heterocycles. The zero-order chi connectivity index (χ0) is 12.5. The molecule has 0 saturated heterocycles. The van der Waals surface area contributed by atoms with Crippen LogP contribution in [0.5, 0.6) is 0 Å². The summed E-state index contributed by atoms with van der Waals surface area (Å²) in [5, 5.41) is 10.4. The van der Waals surface area contributed by atoms with Gasteiger partial charge in [-0.25, -0.2) is 0 Å². The first-order chi connectivity index (χ1) is 8.72. The Hall–Kier alpha value is -0.780. The molecule has 2 atom stereocenters. The Bertz CT molecular complexity index is 535. The number of nitrogens with zero attached hydrogens (tertiary/aromatic N) is 1. The minimum Gasteiger partial charge on any atom is -0.360 e. The van der Waals surface area contributed by atoms with Crippen LogP contribution in [0.1, 0.15) is 36.4 Å². The summed E-state index contributed by atoms with van der Waals surface area (Å²) in [6.45, 7) is 4.99. The van der Waals surface area contributed by atoms with Crippen molar-refractivity contribution in [3.8, 4) is 0 Å². The van der Waals surface area contributed by atoms with Crippen LogP contribution < -0.4 is 5.32 Å². The summed E-state index contributed by atoms with van der Waals surface area (Å²) in [5.41, 5.74) is 2.38. The van der Waals surface area contributed by atoms with Gasteiger partial charge in [-0.05, 0) is 30.4 Å². The number of thiophene rings is 1. The predicted molar refractivity (Wildman–Crippen MR) is 75.1 cm³/mol. The summed E-state index contributed by atoms with van der Waals surface area (Å²) in [4.78, 5) is 0. The molecule has 0 aromatic carbocycles. The maximum Gasteiger partial charge on any atom is 0.150 e. The van der Waals surface area contributed by atoms with Gasteiger partial charge in [-0.3, -0.25) is 0 Å². The van der Waals surface area contributed by atoms with E-state index in [9.17, 15) is 0 Å². The Kier molecular flexibility index (Phi) is 3.46. The van der Waals surface area contributed by atoms with Crippen molar-refractivity contribution in [3.63, 3.8) is 0 Å². The molecular formula is C13H16N2OS2. The fourth-order valence-electron chi connectivity index (χ4n) is 2.27. The predicted octanol–water partition coefficient (Wildman–Crippen LogP) is 3.76. The Morgan fingerprint density at radius 3 is 3.22 bits per heavy atom. The van der Waals surface area contributed by atoms with Crippen molar-refractivity contribution in [2.75, 3.05) is 0 Å². The second-order valence-electron chi connectivity index (χ2n) is 4.70. The summed E-state index contributed by atoms with van der Waals surface area (Å²) in [5.74, 6) is 0.912. The molecule has 1 N–H and O–H groups in total. The van der Waals surface area contributed by atoms with Crippen LogP contribution in [-0.4, -0.2) is 10.4 Å². The van der Waals surface area contributed by atoms with Crippen molar-refractivity contribution in [1.29, 1.82) is 0 Å². The standard InChI is InChI=1S/C13H16N2OS2/c1-8-5-10(16-15-8)7-14-12-6-9(2)18-13-11(12)3-4-17-13/h3-5,9,12,14H,6-7H2,1-2H3/t9-,12?/m0/s1. The second kappa shape index (κ2) is 5.07. The Morgan fingerprint density at radius 1 is 1.56 bits per heavy atom. The number of thioether (sulfide) groups is 1. The number of aryl methyl sites for hydroxylation is 1. The molecule has 1 aliphatic heterocycles. The molecule has 0 saturated carbocycles. The lowest BCUT2D eigenvalue weighted by Crippen LogP contribution is -2.25. The highest BCUT2D eigenvalue weighted by Gasteiger charge is 2.26. The van der Waals surface area contributed by atoms with Crippen LogP contribution in [0.25, 0.3) is 0 Å². The fourth-order valence-corrected chi connectivity index (χ4v) is 4.83. The Labute approximate surface area is 115 Å². The number of hydrogen-bond acceptors (Lipinski definition) is 5. The van der Waals surface area contributed by atoms with Gasteiger partial charge >= 0.3 is 0 Å². The summed E-state index contributed by atoms with van der Waals surface area (Å²) in [7, 11) is 0. The molecular weight excluding hydrogens is 264 g/mol. The highest BCUT2D eigenvalue weighted by Crippen LogP contribution is 2.43. The van der Waals surface area contributed by atoms with Crippen LogP contribution in [0.15, 0.2) is 26.2 Å². The third kappa shape index (κ3) is 2.48. The molecule has 3 rings (SSSR count). The van der Waals surface area contributed by atoms with E-state index in [-0.39, 0.29) is 0 Å². The SMILES string of the molecule is Cc1cc(CNC2C[C@H](C)Sc3sccc32)on1. The molecule has 0 amide bonds. The van der Waals surface area contributed by atoms with Crippen molar-refractivity contribution in [3.05, 3.63) is 34.5 Å². The number of nitrogens with one attached hydrogen (secondary N) is 1. The normalized spacial score (nSPS) is 23.0. The van der Waals surface area contributed by atoms with E-state index in [4.69, 9.17) is 4.52 Å². The average molecular weight is 280 g/mol. The van der Waals surface area contributed by atoms with Crippen LogP contribution in [0.2, 0.25) is 0 Å². The zero-order valence-electron chi connectivity index (χ0n) is 10.5. The van der Waals surface area contributed by atoms with Gasteiger partial charge in [-0.15, -0.1) is 23.1 Å². The van der Waals surface area contributed by atoms with Crippen molar-refractivity contribution in [1.82, 2.24) is 10.5 Å². The second-order valence-corrected chi connectivity index (χ2v) is 7.32. The third-order valence-corrected chi connectivity index (χ3v) is 5.45. The van der Waals surface area contributed by atoms with Crippen molar-refractivity contribution in [2.24, 2.45) is 0 Å². The van der Waals surface area contributed by atoms with Gasteiger partial charge in [0.2, 0.25) is 0 Å². The first-order valence-corrected chi connectivity index (χ1v) is 7.88. The lowest BCUT2D eigenvalue weighted by atomic mass is 10.0. The van der Waals surface area contributed by atoms with E-state index in [0.717, 1.165) is 18.0 Å². The van der Waals surface area contributed by atoms with Crippen molar-refractivity contribution < 1.29 is 4.52 Å². The van der Waals surface area contributed by atoms with Gasteiger partial charge in [-0.1, -0.05) is 12.1 Å². The number of hydrogen-bond donors (Lipinski definition) is 1. The topological polar surface area (TPSA) is 38.1 Å². The lowest BCUT2D eigenvalue weighted by molar-refractivity contribution is 0.356.